The highest BCUT2D eigenvalue weighted by Gasteiger charge is 1.88. The lowest BCUT2D eigenvalue weighted by Gasteiger charge is -2.01. The molecule has 18 heavy (non-hydrogen) atoms. The Morgan fingerprint density at radius 2 is 1.56 bits per heavy atom. The number of hydrogen-bond acceptors (Lipinski definition) is 3. The van der Waals surface area contributed by atoms with Crippen LogP contribution in [0.25, 0.3) is 10.1 Å². The van der Waals surface area contributed by atoms with Gasteiger partial charge >= 0.3 is 0 Å². The smallest absolute Gasteiger partial charge is 0.0342 e. The molecule has 1 aromatic heterocycles. The molecule has 92 valence electrons. The van der Waals surface area contributed by atoms with E-state index >= 15 is 0 Å². The van der Waals surface area contributed by atoms with Crippen molar-refractivity contribution in [1.29, 1.82) is 0 Å². The van der Waals surface area contributed by atoms with Gasteiger partial charge in [0.05, 0.1) is 0 Å². The fourth-order valence-electron chi connectivity index (χ4n) is 1.44. The monoisotopic (exact) mass is 275 g/mol. The molecule has 2 aromatic carbocycles. The van der Waals surface area contributed by atoms with E-state index in [4.69, 9.17) is 0 Å². The highest BCUT2D eigenvalue weighted by Crippen LogP contribution is 2.18. The first-order chi connectivity index (χ1) is 8.77. The van der Waals surface area contributed by atoms with Crippen molar-refractivity contribution in [2.45, 2.75) is 4.90 Å². The Kier molecular flexibility index (Phi) is 4.64. The maximum Gasteiger partial charge on any atom is 0.0342 e. The third-order valence-electron chi connectivity index (χ3n) is 2.30. The molecule has 0 saturated heterocycles. The molecule has 0 aliphatic heterocycles. The number of thiophene rings is 1. The van der Waals surface area contributed by atoms with Crippen molar-refractivity contribution in [3.63, 3.8) is 0 Å². The van der Waals surface area contributed by atoms with Crippen LogP contribution in [0.3, 0.4) is 0 Å². The zero-order chi connectivity index (χ0) is 12.8. The third-order valence-corrected chi connectivity index (χ3v) is 3.85. The van der Waals surface area contributed by atoms with Crippen LogP contribution in [-0.4, -0.2) is 8.76 Å². The summed E-state index contributed by atoms with van der Waals surface area (Å²) in [6.45, 7) is 0. The van der Waals surface area contributed by atoms with Gasteiger partial charge in [-0.2, -0.15) is 0 Å². The fourth-order valence-corrected chi connectivity index (χ4v) is 2.61. The maximum atomic E-state index is 10.2. The van der Waals surface area contributed by atoms with Crippen molar-refractivity contribution in [2.75, 3.05) is 0 Å². The third kappa shape index (κ3) is 3.50. The summed E-state index contributed by atoms with van der Waals surface area (Å²) in [5.74, 6) is 0. The van der Waals surface area contributed by atoms with Crippen LogP contribution in [0.1, 0.15) is 0 Å². The Balaban J connectivity index is 0.000000134. The molecule has 0 aliphatic carbocycles. The van der Waals surface area contributed by atoms with Gasteiger partial charge in [-0.15, -0.1) is 11.3 Å². The summed E-state index contributed by atoms with van der Waals surface area (Å²) in [6.07, 6.45) is 0. The molecule has 0 saturated carbocycles. The molecule has 0 N–H and O–H groups in total. The Morgan fingerprint density at radius 1 is 0.889 bits per heavy atom. The Bertz CT molecular complexity index is 602. The van der Waals surface area contributed by atoms with Crippen LogP contribution < -0.4 is 0 Å². The van der Waals surface area contributed by atoms with Crippen LogP contribution >= 0.6 is 11.3 Å². The molecule has 0 radical (unpaired) electrons. The second-order valence-corrected chi connectivity index (χ2v) is 5.39. The van der Waals surface area contributed by atoms with Gasteiger partial charge in [-0.1, -0.05) is 36.4 Å². The van der Waals surface area contributed by atoms with Crippen LogP contribution in [0.4, 0.5) is 0 Å². The lowest BCUT2D eigenvalue weighted by Crippen LogP contribution is -1.85. The van der Waals surface area contributed by atoms with Crippen molar-refractivity contribution in [2.24, 2.45) is 0 Å². The largest absolute Gasteiger partial charge is 0.768 e. The van der Waals surface area contributed by atoms with Crippen molar-refractivity contribution < 1.29 is 8.76 Å². The fraction of sp³-hybridized carbons (Fsp3) is 0. The highest BCUT2D eigenvalue weighted by molar-refractivity contribution is 7.79. The van der Waals surface area contributed by atoms with E-state index < -0.39 is 11.1 Å². The van der Waals surface area contributed by atoms with Crippen LogP contribution in [0, 0.1) is 0 Å². The molecule has 0 spiro atoms. The second kappa shape index (κ2) is 6.44. The SMILES string of the molecule is O=S([O-])c1ccccc1.c1ccc2sccc2c1. The summed E-state index contributed by atoms with van der Waals surface area (Å²) >= 11 is -0.292. The Morgan fingerprint density at radius 3 is 2.17 bits per heavy atom. The van der Waals surface area contributed by atoms with E-state index in [1.54, 1.807) is 41.7 Å². The van der Waals surface area contributed by atoms with Crippen LogP contribution in [0.2, 0.25) is 0 Å². The van der Waals surface area contributed by atoms with Gasteiger partial charge in [0, 0.05) is 9.60 Å². The van der Waals surface area contributed by atoms with Gasteiger partial charge in [-0.25, -0.2) is 0 Å². The van der Waals surface area contributed by atoms with Gasteiger partial charge < -0.3 is 4.55 Å². The van der Waals surface area contributed by atoms with Crippen molar-refractivity contribution in [1.82, 2.24) is 0 Å². The molecule has 1 unspecified atom stereocenters. The van der Waals surface area contributed by atoms with Gasteiger partial charge in [-0.3, -0.25) is 4.21 Å². The first-order valence-electron chi connectivity index (χ1n) is 5.34. The molecule has 2 nitrogen and oxygen atoms in total. The first-order valence-corrected chi connectivity index (χ1v) is 7.29. The minimum Gasteiger partial charge on any atom is -0.768 e. The summed E-state index contributed by atoms with van der Waals surface area (Å²) in [5, 5.41) is 3.47. The van der Waals surface area contributed by atoms with Gasteiger partial charge in [-0.05, 0) is 46.1 Å². The minimum absolute atomic E-state index is 0.331. The minimum atomic E-state index is -2.08. The van der Waals surface area contributed by atoms with Crippen molar-refractivity contribution in [3.05, 3.63) is 66.0 Å². The topological polar surface area (TPSA) is 40.1 Å². The molecule has 0 bridgehead atoms. The molecule has 4 heteroatoms. The van der Waals surface area contributed by atoms with Gasteiger partial charge in [0.25, 0.3) is 0 Å². The number of hydrogen-bond donors (Lipinski definition) is 0. The molecular formula is C14H11O2S2-. The van der Waals surface area contributed by atoms with Crippen molar-refractivity contribution >= 4 is 32.5 Å². The number of rotatable bonds is 1. The summed E-state index contributed by atoms with van der Waals surface area (Å²) < 4.78 is 21.8. The van der Waals surface area contributed by atoms with E-state index in [0.717, 1.165) is 0 Å². The highest BCUT2D eigenvalue weighted by atomic mass is 32.2. The maximum absolute atomic E-state index is 10.2. The summed E-state index contributed by atoms with van der Waals surface area (Å²) in [5.41, 5.74) is 0. The van der Waals surface area contributed by atoms with Crippen LogP contribution in [-0.2, 0) is 11.1 Å². The van der Waals surface area contributed by atoms with Crippen LogP contribution in [0.5, 0.6) is 0 Å². The van der Waals surface area contributed by atoms with E-state index in [9.17, 15) is 8.76 Å². The van der Waals surface area contributed by atoms with E-state index in [1.165, 1.54) is 10.1 Å². The molecule has 0 aliphatic rings. The molecule has 3 aromatic rings. The molecule has 3 rings (SSSR count). The normalized spacial score (nSPS) is 11.6. The van der Waals surface area contributed by atoms with E-state index in [1.807, 2.05) is 0 Å². The average Bonchev–Trinajstić information content (AvgIpc) is 2.89. The summed E-state index contributed by atoms with van der Waals surface area (Å²) in [4.78, 5) is 0.331. The Hall–Kier alpha value is -1.49. The number of fused-ring (bicyclic) bond motifs is 1. The number of benzene rings is 2. The lowest BCUT2D eigenvalue weighted by molar-refractivity contribution is 0.537. The Labute approximate surface area is 112 Å². The van der Waals surface area contributed by atoms with E-state index in [2.05, 4.69) is 35.7 Å². The second-order valence-electron chi connectivity index (χ2n) is 3.51. The molecule has 1 heterocycles. The lowest BCUT2D eigenvalue weighted by atomic mass is 10.3. The summed E-state index contributed by atoms with van der Waals surface area (Å²) in [6, 6.07) is 18.8. The van der Waals surface area contributed by atoms with Gasteiger partial charge in [0.1, 0.15) is 0 Å². The predicted molar refractivity (Wildman–Crippen MR) is 75.5 cm³/mol. The molecule has 0 fully saturated rings. The van der Waals surface area contributed by atoms with E-state index in [0.29, 0.717) is 4.90 Å². The van der Waals surface area contributed by atoms with Crippen molar-refractivity contribution in [3.8, 4) is 0 Å². The van der Waals surface area contributed by atoms with Gasteiger partial charge in [0.2, 0.25) is 0 Å². The quantitative estimate of drug-likeness (QED) is 0.633. The first kappa shape index (κ1) is 13.0. The zero-order valence-electron chi connectivity index (χ0n) is 9.48. The zero-order valence-corrected chi connectivity index (χ0v) is 11.1. The molecule has 1 atom stereocenters. The van der Waals surface area contributed by atoms with Crippen LogP contribution in [0.15, 0.2) is 70.9 Å². The average molecular weight is 275 g/mol. The molecular weight excluding hydrogens is 264 g/mol. The predicted octanol–water partition coefficient (Wildman–Crippen LogP) is 3.83. The standard InChI is InChI=1S/C8H6S.C6H6O2S/c1-2-4-8-7(3-1)5-6-9-8;7-9(8)6-4-2-1-3-5-6/h1-6H;1-5H,(H,7,8)/p-1. The van der Waals surface area contributed by atoms with Gasteiger partial charge in [0.15, 0.2) is 0 Å². The van der Waals surface area contributed by atoms with E-state index in [-0.39, 0.29) is 0 Å². The molecule has 0 amide bonds. The summed E-state index contributed by atoms with van der Waals surface area (Å²) in [7, 11) is 0.